The SMILES string of the molecule is Cc1oc(C)c(S(C)(=O)=O)c1C(=O)O. The molecule has 14 heavy (non-hydrogen) atoms. The van der Waals surface area contributed by atoms with Gasteiger partial charge in [0.15, 0.2) is 9.84 Å². The van der Waals surface area contributed by atoms with E-state index >= 15 is 0 Å². The van der Waals surface area contributed by atoms with Crippen LogP contribution >= 0.6 is 0 Å². The Morgan fingerprint density at radius 3 is 2.07 bits per heavy atom. The van der Waals surface area contributed by atoms with Gasteiger partial charge in [-0.25, -0.2) is 13.2 Å². The number of carbonyl (C=O) groups is 1. The summed E-state index contributed by atoms with van der Waals surface area (Å²) in [7, 11) is -3.56. The standard InChI is InChI=1S/C8H10O5S/c1-4-6(8(9)10)7(5(2)13-4)14(3,11)12/h1-3H3,(H,9,10). The fraction of sp³-hybridized carbons (Fsp3) is 0.375. The number of hydrogen-bond donors (Lipinski definition) is 1. The molecule has 0 unspecified atom stereocenters. The summed E-state index contributed by atoms with van der Waals surface area (Å²) in [6.45, 7) is 2.85. The van der Waals surface area contributed by atoms with Gasteiger partial charge < -0.3 is 9.52 Å². The highest BCUT2D eigenvalue weighted by Crippen LogP contribution is 2.26. The van der Waals surface area contributed by atoms with Gasteiger partial charge in [0.05, 0.1) is 0 Å². The van der Waals surface area contributed by atoms with Crippen LogP contribution in [0.3, 0.4) is 0 Å². The van der Waals surface area contributed by atoms with Crippen molar-refractivity contribution in [2.45, 2.75) is 18.7 Å². The minimum absolute atomic E-state index is 0.107. The predicted octanol–water partition coefficient (Wildman–Crippen LogP) is 0.998. The molecule has 0 saturated heterocycles. The maximum absolute atomic E-state index is 11.3. The molecule has 0 aliphatic rings. The molecule has 0 aliphatic heterocycles. The van der Waals surface area contributed by atoms with Gasteiger partial charge in [-0.15, -0.1) is 0 Å². The van der Waals surface area contributed by atoms with Crippen molar-refractivity contribution >= 4 is 15.8 Å². The molecule has 0 fully saturated rings. The summed E-state index contributed by atoms with van der Waals surface area (Å²) in [6, 6.07) is 0. The second-order valence-electron chi connectivity index (χ2n) is 3.00. The first-order valence-corrected chi connectivity index (χ1v) is 5.67. The number of furan rings is 1. The number of carboxylic acid groups (broad SMARTS) is 1. The van der Waals surface area contributed by atoms with Gasteiger partial charge in [0, 0.05) is 6.26 Å². The molecule has 5 nitrogen and oxygen atoms in total. The van der Waals surface area contributed by atoms with E-state index in [1.54, 1.807) is 0 Å². The second-order valence-corrected chi connectivity index (χ2v) is 4.95. The summed E-state index contributed by atoms with van der Waals surface area (Å²) >= 11 is 0. The first kappa shape index (κ1) is 10.8. The topological polar surface area (TPSA) is 84.6 Å². The normalized spacial score (nSPS) is 11.6. The molecule has 1 N–H and O–H groups in total. The maximum Gasteiger partial charge on any atom is 0.340 e. The summed E-state index contributed by atoms with van der Waals surface area (Å²) < 4.78 is 27.5. The molecule has 0 saturated carbocycles. The molecule has 6 heteroatoms. The van der Waals surface area contributed by atoms with E-state index in [1.165, 1.54) is 13.8 Å². The molecule has 0 atom stereocenters. The molecular formula is C8H10O5S. The molecule has 1 heterocycles. The van der Waals surface area contributed by atoms with Gasteiger partial charge in [0.1, 0.15) is 22.0 Å². The van der Waals surface area contributed by atoms with Crippen LogP contribution in [0, 0.1) is 13.8 Å². The molecule has 0 radical (unpaired) electrons. The molecule has 1 rings (SSSR count). The van der Waals surface area contributed by atoms with Gasteiger partial charge in [-0.2, -0.15) is 0 Å². The molecule has 0 spiro atoms. The van der Waals surface area contributed by atoms with Crippen molar-refractivity contribution in [1.29, 1.82) is 0 Å². The van der Waals surface area contributed by atoms with E-state index in [-0.39, 0.29) is 22.0 Å². The lowest BCUT2D eigenvalue weighted by Gasteiger charge is -1.96. The number of hydrogen-bond acceptors (Lipinski definition) is 4. The average molecular weight is 218 g/mol. The molecular weight excluding hydrogens is 208 g/mol. The van der Waals surface area contributed by atoms with Crippen molar-refractivity contribution in [3.8, 4) is 0 Å². The number of rotatable bonds is 2. The zero-order valence-corrected chi connectivity index (χ0v) is 8.80. The predicted molar refractivity (Wildman–Crippen MR) is 48.3 cm³/mol. The van der Waals surface area contributed by atoms with E-state index < -0.39 is 15.8 Å². The van der Waals surface area contributed by atoms with E-state index in [0.29, 0.717) is 0 Å². The molecule has 78 valence electrons. The smallest absolute Gasteiger partial charge is 0.340 e. The minimum atomic E-state index is -3.56. The van der Waals surface area contributed by atoms with E-state index in [2.05, 4.69) is 0 Å². The first-order valence-electron chi connectivity index (χ1n) is 3.78. The fourth-order valence-corrected chi connectivity index (χ4v) is 2.52. The highest BCUT2D eigenvalue weighted by molar-refractivity contribution is 7.90. The van der Waals surface area contributed by atoms with Crippen molar-refractivity contribution in [1.82, 2.24) is 0 Å². The van der Waals surface area contributed by atoms with Gasteiger partial charge in [-0.05, 0) is 13.8 Å². The molecule has 0 amide bonds. The molecule has 1 aromatic heterocycles. The number of aryl methyl sites for hydroxylation is 2. The van der Waals surface area contributed by atoms with Crippen LogP contribution in [0.5, 0.6) is 0 Å². The number of carboxylic acids is 1. The second kappa shape index (κ2) is 3.13. The Labute approximate surface area is 81.3 Å². The lowest BCUT2D eigenvalue weighted by molar-refractivity contribution is 0.0691. The summed E-state index contributed by atoms with van der Waals surface area (Å²) in [5.74, 6) is -1.07. The third-order valence-corrected chi connectivity index (χ3v) is 3.02. The molecule has 0 aromatic carbocycles. The largest absolute Gasteiger partial charge is 0.478 e. The third kappa shape index (κ3) is 1.65. The zero-order valence-electron chi connectivity index (χ0n) is 7.99. The lowest BCUT2D eigenvalue weighted by atomic mass is 10.2. The van der Waals surface area contributed by atoms with Crippen molar-refractivity contribution < 1.29 is 22.7 Å². The van der Waals surface area contributed by atoms with E-state index in [9.17, 15) is 13.2 Å². The van der Waals surface area contributed by atoms with Crippen LogP contribution in [0.4, 0.5) is 0 Å². The third-order valence-electron chi connectivity index (χ3n) is 1.79. The number of aromatic carboxylic acids is 1. The highest BCUT2D eigenvalue weighted by atomic mass is 32.2. The van der Waals surface area contributed by atoms with Crippen molar-refractivity contribution in [2.75, 3.05) is 6.26 Å². The van der Waals surface area contributed by atoms with Crippen LogP contribution in [0.15, 0.2) is 9.31 Å². The Morgan fingerprint density at radius 2 is 1.79 bits per heavy atom. The van der Waals surface area contributed by atoms with Crippen molar-refractivity contribution in [3.05, 3.63) is 17.1 Å². The Kier molecular flexibility index (Phi) is 2.41. The van der Waals surface area contributed by atoms with Gasteiger partial charge in [-0.1, -0.05) is 0 Å². The van der Waals surface area contributed by atoms with Crippen LogP contribution in [0.2, 0.25) is 0 Å². The molecule has 1 aromatic rings. The first-order chi connectivity index (χ1) is 6.25. The van der Waals surface area contributed by atoms with Crippen molar-refractivity contribution in [2.24, 2.45) is 0 Å². The van der Waals surface area contributed by atoms with Gasteiger partial charge >= 0.3 is 5.97 Å². The van der Waals surface area contributed by atoms with Crippen LogP contribution in [-0.2, 0) is 9.84 Å². The molecule has 0 bridgehead atoms. The molecule has 0 aliphatic carbocycles. The Balaban J connectivity index is 3.65. The summed E-state index contributed by atoms with van der Waals surface area (Å²) in [5, 5.41) is 8.80. The minimum Gasteiger partial charge on any atom is -0.478 e. The monoisotopic (exact) mass is 218 g/mol. The maximum atomic E-state index is 11.3. The zero-order chi connectivity index (χ0) is 11.1. The van der Waals surface area contributed by atoms with E-state index in [4.69, 9.17) is 9.52 Å². The van der Waals surface area contributed by atoms with E-state index in [1.807, 2.05) is 0 Å². The Morgan fingerprint density at radius 1 is 1.29 bits per heavy atom. The van der Waals surface area contributed by atoms with Gasteiger partial charge in [0.25, 0.3) is 0 Å². The highest BCUT2D eigenvalue weighted by Gasteiger charge is 2.27. The van der Waals surface area contributed by atoms with Crippen LogP contribution in [-0.4, -0.2) is 25.7 Å². The van der Waals surface area contributed by atoms with Gasteiger partial charge in [0.2, 0.25) is 0 Å². The summed E-state index contributed by atoms with van der Waals surface area (Å²) in [6.07, 6.45) is 0.955. The van der Waals surface area contributed by atoms with Crippen LogP contribution in [0.1, 0.15) is 21.9 Å². The quantitative estimate of drug-likeness (QED) is 0.800. The summed E-state index contributed by atoms with van der Waals surface area (Å²) in [4.78, 5) is 10.5. The van der Waals surface area contributed by atoms with E-state index in [0.717, 1.165) is 6.26 Å². The van der Waals surface area contributed by atoms with Crippen molar-refractivity contribution in [3.63, 3.8) is 0 Å². The summed E-state index contributed by atoms with van der Waals surface area (Å²) in [5.41, 5.74) is -0.273. The van der Waals surface area contributed by atoms with Crippen LogP contribution < -0.4 is 0 Å². The van der Waals surface area contributed by atoms with Crippen LogP contribution in [0.25, 0.3) is 0 Å². The van der Waals surface area contributed by atoms with Gasteiger partial charge in [-0.3, -0.25) is 0 Å². The lowest BCUT2D eigenvalue weighted by Crippen LogP contribution is -2.06. The Bertz CT molecular complexity index is 480. The fourth-order valence-electron chi connectivity index (χ4n) is 1.36. The average Bonchev–Trinajstić information content (AvgIpc) is 2.23. The number of sulfone groups is 1. The Hall–Kier alpha value is -1.30.